The number of amides is 2. The average Bonchev–Trinajstić information content (AvgIpc) is 3.40. The van der Waals surface area contributed by atoms with Crippen molar-refractivity contribution in [3.63, 3.8) is 0 Å². The molecule has 1 fully saturated rings. The predicted molar refractivity (Wildman–Crippen MR) is 136 cm³/mol. The summed E-state index contributed by atoms with van der Waals surface area (Å²) in [5.74, 6) is -1.24. The number of nitrogens with one attached hydrogen (secondary N) is 1. The van der Waals surface area contributed by atoms with Crippen molar-refractivity contribution in [2.24, 2.45) is 11.1 Å². The first-order valence-corrected chi connectivity index (χ1v) is 13.0. The number of nitrogens with zero attached hydrogens (tertiary/aromatic N) is 2. The second-order valence-electron chi connectivity index (χ2n) is 10.5. The summed E-state index contributed by atoms with van der Waals surface area (Å²) < 4.78 is 41.6. The van der Waals surface area contributed by atoms with Gasteiger partial charge in [-0.15, -0.1) is 11.3 Å². The van der Waals surface area contributed by atoms with Crippen LogP contribution in [0.15, 0.2) is 23.7 Å². The van der Waals surface area contributed by atoms with Crippen LogP contribution in [0.2, 0.25) is 0 Å². The number of aromatic nitrogens is 1. The molecule has 202 valence electrons. The third-order valence-electron chi connectivity index (χ3n) is 6.55. The van der Waals surface area contributed by atoms with E-state index in [1.165, 1.54) is 22.3 Å². The van der Waals surface area contributed by atoms with Gasteiger partial charge in [-0.2, -0.15) is 13.2 Å². The Hall–Kier alpha value is -2.79. The largest absolute Gasteiger partial charge is 0.416 e. The molecule has 1 unspecified atom stereocenters. The molecular formula is C26H33F3N4O3S. The fraction of sp³-hybridized carbons (Fsp3) is 0.538. The topological polar surface area (TPSA) is 105 Å². The lowest BCUT2D eigenvalue weighted by molar-refractivity contribution is -0.140. The van der Waals surface area contributed by atoms with E-state index in [4.69, 9.17) is 5.73 Å². The van der Waals surface area contributed by atoms with Crippen molar-refractivity contribution in [1.82, 2.24) is 15.2 Å². The molecule has 3 rings (SSSR count). The number of ketones is 1. The molecule has 2 atom stereocenters. The normalized spacial score (nSPS) is 17.2. The van der Waals surface area contributed by atoms with E-state index in [-0.39, 0.29) is 54.6 Å². The van der Waals surface area contributed by atoms with Gasteiger partial charge in [-0.3, -0.25) is 14.4 Å². The van der Waals surface area contributed by atoms with Crippen molar-refractivity contribution in [2.75, 3.05) is 6.54 Å². The zero-order valence-corrected chi connectivity index (χ0v) is 22.3. The summed E-state index contributed by atoms with van der Waals surface area (Å²) in [5.41, 5.74) is 7.09. The van der Waals surface area contributed by atoms with Gasteiger partial charge in [-0.05, 0) is 49.3 Å². The predicted octanol–water partition coefficient (Wildman–Crippen LogP) is 4.47. The molecule has 2 aromatic rings. The summed E-state index contributed by atoms with van der Waals surface area (Å²) >= 11 is 1.25. The number of alkyl halides is 3. The highest BCUT2D eigenvalue weighted by molar-refractivity contribution is 7.13. The lowest BCUT2D eigenvalue weighted by atomic mass is 9.83. The third-order valence-corrected chi connectivity index (χ3v) is 7.53. The van der Waals surface area contributed by atoms with E-state index in [0.717, 1.165) is 12.5 Å². The molecule has 1 aliphatic heterocycles. The van der Waals surface area contributed by atoms with E-state index in [1.807, 2.05) is 20.8 Å². The van der Waals surface area contributed by atoms with Crippen molar-refractivity contribution < 1.29 is 27.6 Å². The van der Waals surface area contributed by atoms with E-state index in [9.17, 15) is 27.6 Å². The van der Waals surface area contributed by atoms with Crippen LogP contribution in [-0.4, -0.2) is 46.1 Å². The molecule has 1 aromatic carbocycles. The molecule has 1 saturated heterocycles. The van der Waals surface area contributed by atoms with Gasteiger partial charge in [0.15, 0.2) is 5.78 Å². The molecule has 0 radical (unpaired) electrons. The van der Waals surface area contributed by atoms with E-state index in [2.05, 4.69) is 10.3 Å². The Morgan fingerprint density at radius 2 is 2.00 bits per heavy atom. The van der Waals surface area contributed by atoms with E-state index in [1.54, 1.807) is 18.5 Å². The Bertz CT molecular complexity index is 1160. The zero-order chi connectivity index (χ0) is 27.5. The van der Waals surface area contributed by atoms with Gasteiger partial charge in [0.1, 0.15) is 6.04 Å². The highest BCUT2D eigenvalue weighted by Gasteiger charge is 2.40. The molecule has 11 heteroatoms. The summed E-state index contributed by atoms with van der Waals surface area (Å²) in [4.78, 5) is 44.1. The van der Waals surface area contributed by atoms with Crippen molar-refractivity contribution in [3.05, 3.63) is 40.5 Å². The number of hydrogen-bond donors (Lipinski definition) is 2. The van der Waals surface area contributed by atoms with Crippen LogP contribution in [0.4, 0.5) is 13.2 Å². The molecule has 37 heavy (non-hydrogen) atoms. The first-order chi connectivity index (χ1) is 17.2. The van der Waals surface area contributed by atoms with Crippen LogP contribution in [0.1, 0.15) is 63.3 Å². The Morgan fingerprint density at radius 1 is 1.30 bits per heavy atom. The lowest BCUT2D eigenvalue weighted by Crippen LogP contribution is -2.46. The van der Waals surface area contributed by atoms with Crippen molar-refractivity contribution in [2.45, 2.75) is 78.2 Å². The number of rotatable bonds is 9. The number of likely N-dealkylation sites (tertiary alicyclic amines) is 1. The smallest absolute Gasteiger partial charge is 0.350 e. The van der Waals surface area contributed by atoms with Crippen LogP contribution in [0.5, 0.6) is 0 Å². The van der Waals surface area contributed by atoms with Gasteiger partial charge in [-0.25, -0.2) is 4.98 Å². The Kier molecular flexibility index (Phi) is 8.79. The molecule has 7 nitrogen and oxygen atoms in total. The molecule has 1 aromatic heterocycles. The summed E-state index contributed by atoms with van der Waals surface area (Å²) in [7, 11) is 0. The molecule has 0 spiro atoms. The number of thiazole rings is 1. The summed E-state index contributed by atoms with van der Waals surface area (Å²) in [6, 6.07) is 2.90. The van der Waals surface area contributed by atoms with E-state index >= 15 is 0 Å². The number of carbonyl (C=O) groups excluding carboxylic acids is 3. The Morgan fingerprint density at radius 3 is 2.59 bits per heavy atom. The molecular weight excluding hydrogens is 505 g/mol. The van der Waals surface area contributed by atoms with Gasteiger partial charge in [-0.1, -0.05) is 26.0 Å². The number of carbonyl (C=O) groups is 3. The average molecular weight is 539 g/mol. The highest BCUT2D eigenvalue weighted by Crippen LogP contribution is 2.37. The number of halogens is 3. The van der Waals surface area contributed by atoms with Crippen LogP contribution in [0.3, 0.4) is 0 Å². The second-order valence-corrected chi connectivity index (χ2v) is 11.3. The maximum atomic E-state index is 13.9. The number of nitrogens with two attached hydrogens (primary N) is 1. The van der Waals surface area contributed by atoms with Gasteiger partial charge in [0.25, 0.3) is 0 Å². The fourth-order valence-electron chi connectivity index (χ4n) is 4.42. The van der Waals surface area contributed by atoms with Gasteiger partial charge >= 0.3 is 6.18 Å². The van der Waals surface area contributed by atoms with Crippen LogP contribution >= 0.6 is 11.3 Å². The summed E-state index contributed by atoms with van der Waals surface area (Å²) in [6.07, 6.45) is -3.23. The number of benzene rings is 1. The van der Waals surface area contributed by atoms with Crippen molar-refractivity contribution >= 4 is 28.9 Å². The first kappa shape index (κ1) is 28.8. The first-order valence-electron chi connectivity index (χ1n) is 12.1. The Labute approximate surface area is 218 Å². The lowest BCUT2D eigenvalue weighted by Gasteiger charge is -2.29. The van der Waals surface area contributed by atoms with E-state index in [0.29, 0.717) is 22.6 Å². The molecule has 2 heterocycles. The van der Waals surface area contributed by atoms with Gasteiger partial charge in [0.2, 0.25) is 11.8 Å². The van der Waals surface area contributed by atoms with Crippen LogP contribution < -0.4 is 11.1 Å². The summed E-state index contributed by atoms with van der Waals surface area (Å²) in [5, 5.41) is 2.52. The minimum absolute atomic E-state index is 0.0112. The summed E-state index contributed by atoms with van der Waals surface area (Å²) in [6.45, 7) is 6.89. The zero-order valence-electron chi connectivity index (χ0n) is 21.4. The van der Waals surface area contributed by atoms with E-state index < -0.39 is 23.7 Å². The molecule has 1 aliphatic rings. The number of hydrogen-bond acceptors (Lipinski definition) is 6. The van der Waals surface area contributed by atoms with Crippen molar-refractivity contribution in [1.29, 1.82) is 0 Å². The fourth-order valence-corrected chi connectivity index (χ4v) is 5.22. The second kappa shape index (κ2) is 11.3. The maximum Gasteiger partial charge on any atom is 0.416 e. The third kappa shape index (κ3) is 7.38. The quantitative estimate of drug-likeness (QED) is 0.490. The SMILES string of the molecule is Cc1ncsc1-c1ccc(CNC(=O)[C@@H]2CC(=O)CN2C(=O)CC(C)(C)CCC(C)N)c(C(F)(F)F)c1. The van der Waals surface area contributed by atoms with Gasteiger partial charge in [0.05, 0.1) is 28.2 Å². The monoisotopic (exact) mass is 538 g/mol. The minimum atomic E-state index is -4.63. The molecule has 0 aliphatic carbocycles. The minimum Gasteiger partial charge on any atom is -0.350 e. The maximum absolute atomic E-state index is 13.9. The van der Waals surface area contributed by atoms with Crippen LogP contribution in [-0.2, 0) is 27.1 Å². The molecule has 2 amide bonds. The number of aryl methyl sites for hydroxylation is 1. The van der Waals surface area contributed by atoms with Gasteiger partial charge in [0, 0.05) is 25.4 Å². The highest BCUT2D eigenvalue weighted by atomic mass is 32.1. The van der Waals surface area contributed by atoms with Crippen LogP contribution in [0, 0.1) is 12.3 Å². The molecule has 3 N–H and O–H groups in total. The standard InChI is InChI=1S/C26H33F3N4O3S/c1-15(30)7-8-25(3,4)11-22(35)33-13-19(34)10-21(33)24(36)31-12-18-6-5-17(9-20(18)26(27,28)29)23-16(2)32-14-37-23/h5-6,9,14-15,21H,7-8,10-13,30H2,1-4H3,(H,31,36)/t15?,21-/m0/s1. The molecule has 0 bridgehead atoms. The van der Waals surface area contributed by atoms with Crippen molar-refractivity contribution in [3.8, 4) is 10.4 Å². The number of Topliss-reactive ketones (excluding diaryl/α,β-unsaturated/α-hetero) is 1. The van der Waals surface area contributed by atoms with Gasteiger partial charge < -0.3 is 16.0 Å². The van der Waals surface area contributed by atoms with Crippen LogP contribution in [0.25, 0.3) is 10.4 Å². The Balaban J connectivity index is 1.73. The molecule has 0 saturated carbocycles.